The number of hydrogen-bond acceptors (Lipinski definition) is 5. The van der Waals surface area contributed by atoms with Crippen molar-refractivity contribution in [1.82, 2.24) is 4.98 Å². The number of carbonyl (C=O) groups is 2. The average Bonchev–Trinajstić information content (AvgIpc) is 2.52. The Morgan fingerprint density at radius 2 is 2.00 bits per heavy atom. The van der Waals surface area contributed by atoms with Gasteiger partial charge < -0.3 is 5.11 Å². The molecular weight excluding hydrogens is 322 g/mol. The van der Waals surface area contributed by atoms with Crippen molar-refractivity contribution in [3.05, 3.63) is 34.5 Å². The lowest BCUT2D eigenvalue weighted by molar-refractivity contribution is -0.213. The standard InChI is InChI=1S/C16H16ClNO5/c1-3-9-7-10-11(17)5-6-13(16(10)18-12(9)4-2)22-23-15(21)8-14(19)20/h5-7H,3-4,8H2,1-2H3,(H,19,20). The highest BCUT2D eigenvalue weighted by atomic mass is 35.5. The number of hydrogen-bond donors (Lipinski definition) is 1. The van der Waals surface area contributed by atoms with Crippen molar-refractivity contribution in [2.45, 2.75) is 33.1 Å². The summed E-state index contributed by atoms with van der Waals surface area (Å²) in [4.78, 5) is 35.8. The molecule has 1 aromatic carbocycles. The van der Waals surface area contributed by atoms with E-state index in [1.807, 2.05) is 19.9 Å². The van der Waals surface area contributed by atoms with Crippen LogP contribution in [0.2, 0.25) is 5.02 Å². The third-order valence-corrected chi connectivity index (χ3v) is 3.63. The summed E-state index contributed by atoms with van der Waals surface area (Å²) in [5, 5.41) is 9.72. The topological polar surface area (TPSA) is 85.7 Å². The number of benzene rings is 1. The Labute approximate surface area is 137 Å². The number of rotatable bonds is 6. The van der Waals surface area contributed by atoms with Crippen LogP contribution in [-0.4, -0.2) is 22.0 Å². The first-order valence-corrected chi connectivity index (χ1v) is 7.54. The van der Waals surface area contributed by atoms with Crippen molar-refractivity contribution in [2.24, 2.45) is 0 Å². The molecule has 7 heteroatoms. The van der Waals surface area contributed by atoms with Gasteiger partial charge in [0.2, 0.25) is 5.75 Å². The molecule has 0 saturated carbocycles. The third kappa shape index (κ3) is 3.90. The lowest BCUT2D eigenvalue weighted by atomic mass is 10.1. The van der Waals surface area contributed by atoms with Gasteiger partial charge in [0.1, 0.15) is 11.9 Å². The zero-order valence-electron chi connectivity index (χ0n) is 12.8. The van der Waals surface area contributed by atoms with Crippen molar-refractivity contribution >= 4 is 34.4 Å². The zero-order chi connectivity index (χ0) is 17.0. The van der Waals surface area contributed by atoms with Gasteiger partial charge in [-0.1, -0.05) is 25.4 Å². The van der Waals surface area contributed by atoms with Gasteiger partial charge in [-0.15, -0.1) is 0 Å². The summed E-state index contributed by atoms with van der Waals surface area (Å²) in [6, 6.07) is 5.07. The van der Waals surface area contributed by atoms with Crippen LogP contribution in [-0.2, 0) is 27.3 Å². The summed E-state index contributed by atoms with van der Waals surface area (Å²) in [5.74, 6) is -2.08. The van der Waals surface area contributed by atoms with Crippen LogP contribution >= 0.6 is 11.6 Å². The van der Waals surface area contributed by atoms with E-state index >= 15 is 0 Å². The molecule has 0 amide bonds. The van der Waals surface area contributed by atoms with Crippen molar-refractivity contribution in [1.29, 1.82) is 0 Å². The van der Waals surface area contributed by atoms with E-state index in [1.54, 1.807) is 6.07 Å². The summed E-state index contributed by atoms with van der Waals surface area (Å²) in [5.41, 5.74) is 2.46. The fraction of sp³-hybridized carbons (Fsp3) is 0.312. The quantitative estimate of drug-likeness (QED) is 0.494. The fourth-order valence-electron chi connectivity index (χ4n) is 2.20. The molecule has 0 aliphatic rings. The number of halogens is 1. The highest BCUT2D eigenvalue weighted by Gasteiger charge is 2.15. The minimum atomic E-state index is -1.29. The summed E-state index contributed by atoms with van der Waals surface area (Å²) < 4.78 is 0. The maximum atomic E-state index is 11.3. The van der Waals surface area contributed by atoms with Crippen LogP contribution in [0.3, 0.4) is 0 Å². The molecule has 0 aliphatic heterocycles. The van der Waals surface area contributed by atoms with E-state index in [0.29, 0.717) is 15.9 Å². The summed E-state index contributed by atoms with van der Waals surface area (Å²) >= 11 is 6.20. The first-order valence-electron chi connectivity index (χ1n) is 7.16. The lowest BCUT2D eigenvalue weighted by Crippen LogP contribution is -2.13. The van der Waals surface area contributed by atoms with E-state index in [0.717, 1.165) is 24.1 Å². The molecule has 0 bridgehead atoms. The first-order chi connectivity index (χ1) is 11.0. The van der Waals surface area contributed by atoms with Gasteiger partial charge in [0.25, 0.3) is 0 Å². The van der Waals surface area contributed by atoms with Crippen LogP contribution in [0.15, 0.2) is 18.2 Å². The molecule has 23 heavy (non-hydrogen) atoms. The number of aliphatic carboxylic acids is 1. The maximum Gasteiger partial charge on any atom is 0.366 e. The molecule has 0 saturated heterocycles. The molecule has 0 fully saturated rings. The van der Waals surface area contributed by atoms with E-state index < -0.39 is 18.4 Å². The van der Waals surface area contributed by atoms with Crippen molar-refractivity contribution in [2.75, 3.05) is 0 Å². The second kappa shape index (κ2) is 7.28. The molecular formula is C16H16ClNO5. The number of nitrogens with zero attached hydrogens (tertiary/aromatic N) is 1. The molecule has 1 aromatic heterocycles. The fourth-order valence-corrected chi connectivity index (χ4v) is 2.41. The molecule has 1 heterocycles. The van der Waals surface area contributed by atoms with E-state index in [9.17, 15) is 9.59 Å². The van der Waals surface area contributed by atoms with Gasteiger partial charge >= 0.3 is 11.9 Å². The highest BCUT2D eigenvalue weighted by Crippen LogP contribution is 2.32. The van der Waals surface area contributed by atoms with Crippen molar-refractivity contribution in [3.8, 4) is 5.75 Å². The highest BCUT2D eigenvalue weighted by molar-refractivity contribution is 6.35. The van der Waals surface area contributed by atoms with Gasteiger partial charge in [-0.3, -0.25) is 9.68 Å². The molecule has 2 rings (SSSR count). The predicted molar refractivity (Wildman–Crippen MR) is 84.5 cm³/mol. The van der Waals surface area contributed by atoms with E-state index in [4.69, 9.17) is 21.6 Å². The monoisotopic (exact) mass is 337 g/mol. The minimum absolute atomic E-state index is 0.209. The van der Waals surface area contributed by atoms with Crippen LogP contribution in [0, 0.1) is 0 Å². The Bertz CT molecular complexity index is 760. The number of carbonyl (C=O) groups excluding carboxylic acids is 1. The molecule has 0 aliphatic carbocycles. The molecule has 0 atom stereocenters. The maximum absolute atomic E-state index is 11.3. The summed E-state index contributed by atoms with van der Waals surface area (Å²) in [6.45, 7) is 4.02. The first kappa shape index (κ1) is 17.0. The number of carboxylic acids is 1. The summed E-state index contributed by atoms with van der Waals surface area (Å²) in [7, 11) is 0. The zero-order valence-corrected chi connectivity index (χ0v) is 13.5. The number of pyridine rings is 1. The molecule has 0 spiro atoms. The smallest absolute Gasteiger partial charge is 0.366 e. The van der Waals surface area contributed by atoms with Gasteiger partial charge in [-0.05, 0) is 36.6 Å². The minimum Gasteiger partial charge on any atom is -0.481 e. The van der Waals surface area contributed by atoms with Crippen molar-refractivity contribution in [3.63, 3.8) is 0 Å². The second-order valence-electron chi connectivity index (χ2n) is 4.85. The van der Waals surface area contributed by atoms with E-state index in [2.05, 4.69) is 9.87 Å². The largest absolute Gasteiger partial charge is 0.481 e. The second-order valence-corrected chi connectivity index (χ2v) is 5.26. The number of fused-ring (bicyclic) bond motifs is 1. The average molecular weight is 338 g/mol. The van der Waals surface area contributed by atoms with Crippen LogP contribution in [0.5, 0.6) is 5.75 Å². The van der Waals surface area contributed by atoms with Gasteiger partial charge in [0.15, 0.2) is 0 Å². The molecule has 122 valence electrons. The van der Waals surface area contributed by atoms with Gasteiger partial charge in [0.05, 0.1) is 5.02 Å². The normalized spacial score (nSPS) is 10.6. The molecule has 0 unspecified atom stereocenters. The third-order valence-electron chi connectivity index (χ3n) is 3.30. The number of aromatic nitrogens is 1. The van der Waals surface area contributed by atoms with Gasteiger partial charge in [-0.2, -0.15) is 0 Å². The Balaban J connectivity index is 2.38. The molecule has 1 N–H and O–H groups in total. The Morgan fingerprint density at radius 1 is 1.26 bits per heavy atom. The lowest BCUT2D eigenvalue weighted by Gasteiger charge is -2.11. The molecule has 0 radical (unpaired) electrons. The van der Waals surface area contributed by atoms with Gasteiger partial charge in [0, 0.05) is 11.1 Å². The van der Waals surface area contributed by atoms with E-state index in [1.165, 1.54) is 6.07 Å². The Hall–Kier alpha value is -2.34. The number of aryl methyl sites for hydroxylation is 2. The molecule has 6 nitrogen and oxygen atoms in total. The summed E-state index contributed by atoms with van der Waals surface area (Å²) in [6.07, 6.45) is 0.782. The Morgan fingerprint density at radius 3 is 2.61 bits per heavy atom. The Kier molecular flexibility index (Phi) is 5.39. The van der Waals surface area contributed by atoms with E-state index in [-0.39, 0.29) is 5.75 Å². The molecule has 2 aromatic rings. The van der Waals surface area contributed by atoms with Crippen LogP contribution < -0.4 is 4.89 Å². The van der Waals surface area contributed by atoms with Crippen LogP contribution in [0.1, 0.15) is 31.5 Å². The van der Waals surface area contributed by atoms with Crippen LogP contribution in [0.4, 0.5) is 0 Å². The van der Waals surface area contributed by atoms with Crippen LogP contribution in [0.25, 0.3) is 10.9 Å². The van der Waals surface area contributed by atoms with Gasteiger partial charge in [-0.25, -0.2) is 14.7 Å². The SMILES string of the molecule is CCc1cc2c(Cl)ccc(OOC(=O)CC(=O)O)c2nc1CC. The predicted octanol–water partition coefficient (Wildman–Crippen LogP) is 3.32. The van der Waals surface area contributed by atoms with Crippen molar-refractivity contribution < 1.29 is 24.5 Å². The number of carboxylic acid groups (broad SMARTS) is 1.